The number of fused-ring (bicyclic) bond motifs is 1. The average Bonchev–Trinajstić information content (AvgIpc) is 3.23. The number of hydrogen-bond acceptors (Lipinski definition) is 6. The van der Waals surface area contributed by atoms with Crippen molar-refractivity contribution < 1.29 is 22.7 Å². The van der Waals surface area contributed by atoms with E-state index in [-0.39, 0.29) is 23.2 Å². The van der Waals surface area contributed by atoms with Gasteiger partial charge in [0, 0.05) is 35.4 Å². The molecule has 7 nitrogen and oxygen atoms in total. The zero-order valence-corrected chi connectivity index (χ0v) is 22.8. The van der Waals surface area contributed by atoms with E-state index in [9.17, 15) is 18.0 Å². The van der Waals surface area contributed by atoms with Crippen LogP contribution in [0.2, 0.25) is 5.02 Å². The molecule has 0 bridgehead atoms. The Labute approximate surface area is 224 Å². The zero-order valence-electron chi connectivity index (χ0n) is 20.4. The summed E-state index contributed by atoms with van der Waals surface area (Å²) in [6.45, 7) is 2.16. The smallest absolute Gasteiger partial charge is 0.337 e. The topological polar surface area (TPSA) is 92.8 Å². The quantitative estimate of drug-likeness (QED) is 0.293. The van der Waals surface area contributed by atoms with Crippen molar-refractivity contribution in [2.45, 2.75) is 24.2 Å². The molecule has 0 aliphatic carbocycles. The third kappa shape index (κ3) is 5.86. The van der Waals surface area contributed by atoms with Gasteiger partial charge in [-0.1, -0.05) is 35.9 Å². The van der Waals surface area contributed by atoms with Crippen molar-refractivity contribution in [1.29, 1.82) is 0 Å². The molecule has 0 aliphatic rings. The lowest BCUT2D eigenvalue weighted by Gasteiger charge is -2.17. The molecule has 1 N–H and O–H groups in total. The van der Waals surface area contributed by atoms with E-state index in [1.807, 2.05) is 6.07 Å². The fourth-order valence-electron chi connectivity index (χ4n) is 3.87. The van der Waals surface area contributed by atoms with E-state index >= 15 is 0 Å². The van der Waals surface area contributed by atoms with Crippen molar-refractivity contribution in [3.63, 3.8) is 0 Å². The number of esters is 1. The van der Waals surface area contributed by atoms with E-state index in [2.05, 4.69) is 10.1 Å². The molecular weight excluding hydrogens is 532 g/mol. The number of sulfonamides is 1. The molecule has 0 radical (unpaired) electrons. The number of carbonyl (C=O) groups excluding carboxylic acids is 2. The second kappa shape index (κ2) is 11.0. The van der Waals surface area contributed by atoms with Gasteiger partial charge in [0.15, 0.2) is 0 Å². The zero-order chi connectivity index (χ0) is 26.7. The Bertz CT molecular complexity index is 1580. The molecule has 192 valence electrons. The number of methoxy groups -OCH3 is 1. The van der Waals surface area contributed by atoms with Crippen LogP contribution < -0.4 is 5.32 Å². The highest BCUT2D eigenvalue weighted by molar-refractivity contribution is 7.91. The summed E-state index contributed by atoms with van der Waals surface area (Å²) in [5, 5.41) is 4.22. The minimum Gasteiger partial charge on any atom is -0.465 e. The number of hydrogen-bond donors (Lipinski definition) is 1. The van der Waals surface area contributed by atoms with Gasteiger partial charge in [0.2, 0.25) is 0 Å². The molecule has 0 fully saturated rings. The van der Waals surface area contributed by atoms with Crippen LogP contribution in [0, 0.1) is 6.92 Å². The standard InChI is InChI=1S/C27H25ClN2O5S2/c1-17-23-14-22(28)11-12-24(23)36-27(17)37(33,34)30(2)16-19-5-4-6-21(13-19)25(31)29-15-18-7-9-20(10-8-18)26(32)35-3/h4-14H,15-16H2,1-3H3,(H,29,31). The summed E-state index contributed by atoms with van der Waals surface area (Å²) in [7, 11) is -0.915. The predicted octanol–water partition coefficient (Wildman–Crippen LogP) is 5.40. The Kier molecular flexibility index (Phi) is 7.99. The van der Waals surface area contributed by atoms with E-state index in [0.29, 0.717) is 27.3 Å². The van der Waals surface area contributed by atoms with Crippen LogP contribution in [0.3, 0.4) is 0 Å². The van der Waals surface area contributed by atoms with Gasteiger partial charge in [0.1, 0.15) is 4.21 Å². The van der Waals surface area contributed by atoms with E-state index in [0.717, 1.165) is 15.6 Å². The predicted molar refractivity (Wildman–Crippen MR) is 146 cm³/mol. The lowest BCUT2D eigenvalue weighted by molar-refractivity contribution is 0.0600. The van der Waals surface area contributed by atoms with Crippen molar-refractivity contribution in [3.8, 4) is 0 Å². The molecular formula is C27H25ClN2O5S2. The first-order valence-electron chi connectivity index (χ1n) is 11.3. The van der Waals surface area contributed by atoms with Gasteiger partial charge in [-0.2, -0.15) is 4.31 Å². The van der Waals surface area contributed by atoms with E-state index in [1.54, 1.807) is 67.6 Å². The highest BCUT2D eigenvalue weighted by Gasteiger charge is 2.26. The highest BCUT2D eigenvalue weighted by atomic mass is 35.5. The Morgan fingerprint density at radius 3 is 2.43 bits per heavy atom. The van der Waals surface area contributed by atoms with Gasteiger partial charge in [0.05, 0.1) is 12.7 Å². The van der Waals surface area contributed by atoms with Gasteiger partial charge in [-0.3, -0.25) is 4.79 Å². The van der Waals surface area contributed by atoms with Gasteiger partial charge in [-0.25, -0.2) is 13.2 Å². The van der Waals surface area contributed by atoms with Crippen LogP contribution >= 0.6 is 22.9 Å². The maximum Gasteiger partial charge on any atom is 0.337 e. The first kappa shape index (κ1) is 26.8. The molecule has 1 amide bonds. The summed E-state index contributed by atoms with van der Waals surface area (Å²) in [5.41, 5.74) is 3.02. The van der Waals surface area contributed by atoms with Crippen molar-refractivity contribution in [1.82, 2.24) is 9.62 Å². The maximum atomic E-state index is 13.4. The van der Waals surface area contributed by atoms with E-state index < -0.39 is 16.0 Å². The van der Waals surface area contributed by atoms with E-state index in [1.165, 1.54) is 29.8 Å². The van der Waals surface area contributed by atoms with Crippen molar-refractivity contribution in [2.75, 3.05) is 14.2 Å². The average molecular weight is 557 g/mol. The fraction of sp³-hybridized carbons (Fsp3) is 0.185. The van der Waals surface area contributed by atoms with Crippen LogP contribution in [0.15, 0.2) is 70.9 Å². The molecule has 0 atom stereocenters. The molecule has 1 aromatic heterocycles. The summed E-state index contributed by atoms with van der Waals surface area (Å²) in [4.78, 5) is 24.3. The number of nitrogens with one attached hydrogen (secondary N) is 1. The number of ether oxygens (including phenoxy) is 1. The number of aryl methyl sites for hydroxylation is 1. The molecule has 0 saturated heterocycles. The summed E-state index contributed by atoms with van der Waals surface area (Å²) in [6.07, 6.45) is 0. The largest absolute Gasteiger partial charge is 0.465 e. The van der Waals surface area contributed by atoms with Crippen molar-refractivity contribution in [3.05, 3.63) is 99.6 Å². The van der Waals surface area contributed by atoms with Gasteiger partial charge >= 0.3 is 5.97 Å². The number of thiophene rings is 1. The van der Waals surface area contributed by atoms with E-state index in [4.69, 9.17) is 11.6 Å². The van der Waals surface area contributed by atoms with Crippen molar-refractivity contribution >= 4 is 54.9 Å². The van der Waals surface area contributed by atoms with Crippen LogP contribution in [0.5, 0.6) is 0 Å². The molecule has 4 rings (SSSR count). The number of benzene rings is 3. The molecule has 37 heavy (non-hydrogen) atoms. The lowest BCUT2D eigenvalue weighted by atomic mass is 10.1. The Morgan fingerprint density at radius 2 is 1.73 bits per heavy atom. The van der Waals surface area contributed by atoms with Crippen LogP contribution in [-0.2, 0) is 27.8 Å². The monoisotopic (exact) mass is 556 g/mol. The van der Waals surface area contributed by atoms with Crippen LogP contribution in [0.25, 0.3) is 10.1 Å². The lowest BCUT2D eigenvalue weighted by Crippen LogP contribution is -2.27. The molecule has 10 heteroatoms. The van der Waals surface area contributed by atoms with Gasteiger partial charge in [-0.05, 0) is 71.5 Å². The minimum absolute atomic E-state index is 0.104. The summed E-state index contributed by atoms with van der Waals surface area (Å²) in [5.74, 6) is -0.715. The number of nitrogens with zero attached hydrogens (tertiary/aromatic N) is 1. The van der Waals surface area contributed by atoms with Crippen molar-refractivity contribution in [2.24, 2.45) is 0 Å². The third-order valence-corrected chi connectivity index (χ3v) is 9.83. The first-order valence-corrected chi connectivity index (χ1v) is 13.9. The second-order valence-electron chi connectivity index (χ2n) is 8.49. The number of rotatable bonds is 8. The van der Waals surface area contributed by atoms with Crippen LogP contribution in [0.4, 0.5) is 0 Å². The summed E-state index contributed by atoms with van der Waals surface area (Å²) in [6, 6.07) is 19.0. The third-order valence-electron chi connectivity index (χ3n) is 5.92. The molecule has 4 aromatic rings. The first-order chi connectivity index (χ1) is 17.6. The van der Waals surface area contributed by atoms with Crippen LogP contribution in [0.1, 0.15) is 37.4 Å². The number of amides is 1. The van der Waals surface area contributed by atoms with Crippen LogP contribution in [-0.4, -0.2) is 38.8 Å². The van der Waals surface area contributed by atoms with Gasteiger partial charge < -0.3 is 10.1 Å². The fourth-order valence-corrected chi connectivity index (χ4v) is 7.14. The SMILES string of the molecule is COC(=O)c1ccc(CNC(=O)c2cccc(CN(C)S(=O)(=O)c3sc4ccc(Cl)cc4c3C)c2)cc1. The highest BCUT2D eigenvalue weighted by Crippen LogP contribution is 2.37. The second-order valence-corrected chi connectivity index (χ2v) is 12.2. The molecule has 0 spiro atoms. The molecule has 1 heterocycles. The normalized spacial score (nSPS) is 11.6. The van der Waals surface area contributed by atoms with Gasteiger partial charge in [0.25, 0.3) is 15.9 Å². The summed E-state index contributed by atoms with van der Waals surface area (Å²) < 4.78 is 33.8. The molecule has 0 unspecified atom stereocenters. The molecule has 0 aliphatic heterocycles. The maximum absolute atomic E-state index is 13.4. The Morgan fingerprint density at radius 1 is 1.00 bits per heavy atom. The van der Waals surface area contributed by atoms with Gasteiger partial charge in [-0.15, -0.1) is 11.3 Å². The number of carbonyl (C=O) groups is 2. The minimum atomic E-state index is -3.76. The number of halogens is 1. The molecule has 0 saturated carbocycles. The summed E-state index contributed by atoms with van der Waals surface area (Å²) >= 11 is 7.32. The Hall–Kier alpha value is -3.24. The Balaban J connectivity index is 1.45. The molecule has 3 aromatic carbocycles.